The van der Waals surface area contributed by atoms with E-state index >= 15 is 0 Å². The van der Waals surface area contributed by atoms with Crippen LogP contribution in [0.15, 0.2) is 66.9 Å². The molecule has 0 saturated carbocycles. The maximum atomic E-state index is 13.6. The fraction of sp³-hybridized carbons (Fsp3) is 0.269. The number of amides is 1. The first kappa shape index (κ1) is 22.6. The van der Waals surface area contributed by atoms with Crippen LogP contribution >= 0.6 is 0 Å². The van der Waals surface area contributed by atoms with E-state index in [2.05, 4.69) is 37.7 Å². The van der Waals surface area contributed by atoms with Gasteiger partial charge in [0.05, 0.1) is 5.69 Å². The molecule has 1 aliphatic rings. The quantitative estimate of drug-likeness (QED) is 0.440. The van der Waals surface area contributed by atoms with Crippen LogP contribution in [0.25, 0.3) is 22.6 Å². The number of likely N-dealkylation sites (tertiary alicyclic amines) is 1. The number of halogens is 1. The van der Waals surface area contributed by atoms with Crippen molar-refractivity contribution in [3.05, 3.63) is 78.2 Å². The summed E-state index contributed by atoms with van der Waals surface area (Å²) in [5.41, 5.74) is 3.29. The molecule has 1 amide bonds. The molecule has 1 saturated heterocycles. The predicted octanol–water partition coefficient (Wildman–Crippen LogP) is 4.65. The van der Waals surface area contributed by atoms with Gasteiger partial charge < -0.3 is 10.2 Å². The Kier molecular flexibility index (Phi) is 6.74. The van der Waals surface area contributed by atoms with Crippen LogP contribution in [0.5, 0.6) is 0 Å². The maximum absolute atomic E-state index is 13.6. The van der Waals surface area contributed by atoms with Gasteiger partial charge in [-0.05, 0) is 61.6 Å². The topological polar surface area (TPSA) is 88.8 Å². The van der Waals surface area contributed by atoms with E-state index < -0.39 is 0 Å². The number of rotatable bonds is 6. The smallest absolute Gasteiger partial charge is 0.346 e. The Hall–Kier alpha value is -4.14. The Bertz CT molecular complexity index is 1280. The Morgan fingerprint density at radius 1 is 0.971 bits per heavy atom. The van der Waals surface area contributed by atoms with Crippen LogP contribution in [0.2, 0.25) is 0 Å². The first-order chi connectivity index (χ1) is 17.2. The molecule has 178 valence electrons. The van der Waals surface area contributed by atoms with Gasteiger partial charge >= 0.3 is 6.03 Å². The minimum atomic E-state index is -0.348. The molecule has 1 fully saturated rings. The summed E-state index contributed by atoms with van der Waals surface area (Å²) in [6, 6.07) is 17.6. The number of nitrogens with one attached hydrogen (secondary N) is 1. The number of carbonyl (C=O) groups is 1. The van der Waals surface area contributed by atoms with E-state index in [9.17, 15) is 9.18 Å². The number of hydrogen-bond acceptors (Lipinski definition) is 6. The molecule has 35 heavy (non-hydrogen) atoms. The molecule has 0 unspecified atom stereocenters. The molecule has 0 spiro atoms. The zero-order valence-electron chi connectivity index (χ0n) is 19.3. The summed E-state index contributed by atoms with van der Waals surface area (Å²) in [5, 5.41) is 11.8. The molecule has 2 aromatic carbocycles. The summed E-state index contributed by atoms with van der Waals surface area (Å²) in [5.74, 6) is 0.0979. The summed E-state index contributed by atoms with van der Waals surface area (Å²) >= 11 is 0. The van der Waals surface area contributed by atoms with Crippen molar-refractivity contribution in [2.24, 2.45) is 0 Å². The molecular weight excluding hydrogens is 445 g/mol. The lowest BCUT2D eigenvalue weighted by atomic mass is 10.1. The summed E-state index contributed by atoms with van der Waals surface area (Å²) in [7, 11) is 0. The van der Waals surface area contributed by atoms with Crippen molar-refractivity contribution >= 4 is 12.0 Å². The lowest BCUT2D eigenvalue weighted by Gasteiger charge is -2.26. The van der Waals surface area contributed by atoms with E-state index in [4.69, 9.17) is 0 Å². The van der Waals surface area contributed by atoms with Gasteiger partial charge in [0.1, 0.15) is 17.2 Å². The third kappa shape index (κ3) is 5.18. The van der Waals surface area contributed by atoms with Gasteiger partial charge in [0.15, 0.2) is 0 Å². The van der Waals surface area contributed by atoms with Crippen LogP contribution in [0.4, 0.5) is 15.1 Å². The highest BCUT2D eigenvalue weighted by molar-refractivity contribution is 5.86. The Labute approximate surface area is 202 Å². The summed E-state index contributed by atoms with van der Waals surface area (Å²) in [4.78, 5) is 24.2. The Morgan fingerprint density at radius 2 is 1.74 bits per heavy atom. The SMILES string of the molecule is O=C(N1CCCCC1)n1nnc(-c2ccc(F)cc2)c1-c1ccnc(NCCc2ccccc2)n1. The molecular formula is C26H26FN7O. The number of hydrogen-bond donors (Lipinski definition) is 1. The molecule has 8 nitrogen and oxygen atoms in total. The van der Waals surface area contributed by atoms with Gasteiger partial charge in [0.25, 0.3) is 0 Å². The van der Waals surface area contributed by atoms with Crippen molar-refractivity contribution in [3.8, 4) is 22.6 Å². The van der Waals surface area contributed by atoms with Gasteiger partial charge in [-0.15, -0.1) is 5.10 Å². The molecule has 1 N–H and O–H groups in total. The third-order valence-corrected chi connectivity index (χ3v) is 6.03. The van der Waals surface area contributed by atoms with E-state index in [0.717, 1.165) is 25.7 Å². The van der Waals surface area contributed by atoms with Crippen molar-refractivity contribution in [3.63, 3.8) is 0 Å². The molecule has 3 heterocycles. The van der Waals surface area contributed by atoms with Crippen LogP contribution in [-0.4, -0.2) is 55.5 Å². The summed E-state index contributed by atoms with van der Waals surface area (Å²) in [6.45, 7) is 2.02. The summed E-state index contributed by atoms with van der Waals surface area (Å²) in [6.07, 6.45) is 5.50. The molecule has 4 aromatic rings. The fourth-order valence-corrected chi connectivity index (χ4v) is 4.21. The van der Waals surface area contributed by atoms with E-state index in [0.29, 0.717) is 48.2 Å². The van der Waals surface area contributed by atoms with Crippen molar-refractivity contribution in [2.45, 2.75) is 25.7 Å². The molecule has 0 aliphatic carbocycles. The van der Waals surface area contributed by atoms with Gasteiger partial charge in [-0.2, -0.15) is 4.68 Å². The number of aromatic nitrogens is 5. The lowest BCUT2D eigenvalue weighted by Crippen LogP contribution is -2.39. The van der Waals surface area contributed by atoms with Crippen LogP contribution < -0.4 is 5.32 Å². The first-order valence-corrected chi connectivity index (χ1v) is 11.8. The zero-order chi connectivity index (χ0) is 24.0. The van der Waals surface area contributed by atoms with E-state index in [1.807, 2.05) is 18.2 Å². The highest BCUT2D eigenvalue weighted by Gasteiger charge is 2.26. The monoisotopic (exact) mass is 471 g/mol. The first-order valence-electron chi connectivity index (χ1n) is 11.8. The lowest BCUT2D eigenvalue weighted by molar-refractivity contribution is 0.185. The second-order valence-electron chi connectivity index (χ2n) is 8.46. The van der Waals surface area contributed by atoms with Crippen molar-refractivity contribution in [1.82, 2.24) is 29.9 Å². The van der Waals surface area contributed by atoms with E-state index in [1.54, 1.807) is 29.3 Å². The Balaban J connectivity index is 1.47. The molecule has 0 atom stereocenters. The molecule has 5 rings (SSSR count). The van der Waals surface area contributed by atoms with Crippen LogP contribution in [0.3, 0.4) is 0 Å². The predicted molar refractivity (Wildman–Crippen MR) is 131 cm³/mol. The average Bonchev–Trinajstić information content (AvgIpc) is 3.35. The number of anilines is 1. The second-order valence-corrected chi connectivity index (χ2v) is 8.46. The van der Waals surface area contributed by atoms with Gasteiger partial charge in [-0.1, -0.05) is 35.5 Å². The zero-order valence-corrected chi connectivity index (χ0v) is 19.3. The molecule has 9 heteroatoms. The van der Waals surface area contributed by atoms with E-state index in [-0.39, 0.29) is 11.8 Å². The number of piperidine rings is 1. The maximum Gasteiger partial charge on any atom is 0.346 e. The van der Waals surface area contributed by atoms with Crippen LogP contribution in [0, 0.1) is 5.82 Å². The molecule has 0 radical (unpaired) electrons. The molecule has 0 bridgehead atoms. The summed E-state index contributed by atoms with van der Waals surface area (Å²) < 4.78 is 14.9. The second kappa shape index (κ2) is 10.4. The van der Waals surface area contributed by atoms with Crippen LogP contribution in [0.1, 0.15) is 24.8 Å². The largest absolute Gasteiger partial charge is 0.354 e. The standard InChI is InChI=1S/C26H26FN7O/c27-21-11-9-20(10-12-21)23-24(34(32-31-23)26(35)33-17-5-2-6-18-33)22-14-16-29-25(30-22)28-15-13-19-7-3-1-4-8-19/h1,3-4,7-12,14,16H,2,5-6,13,15,17-18H2,(H,28,29,30). The van der Waals surface area contributed by atoms with Crippen LogP contribution in [-0.2, 0) is 6.42 Å². The highest BCUT2D eigenvalue weighted by atomic mass is 19.1. The average molecular weight is 472 g/mol. The van der Waals surface area contributed by atoms with E-state index in [1.165, 1.54) is 22.4 Å². The number of nitrogens with zero attached hydrogens (tertiary/aromatic N) is 6. The number of carbonyl (C=O) groups excluding carboxylic acids is 1. The van der Waals surface area contributed by atoms with Crippen molar-refractivity contribution in [1.29, 1.82) is 0 Å². The van der Waals surface area contributed by atoms with Gasteiger partial charge in [-0.3, -0.25) is 0 Å². The molecule has 1 aliphatic heterocycles. The minimum Gasteiger partial charge on any atom is -0.354 e. The van der Waals surface area contributed by atoms with Gasteiger partial charge in [0, 0.05) is 31.4 Å². The fourth-order valence-electron chi connectivity index (χ4n) is 4.21. The van der Waals surface area contributed by atoms with Crippen molar-refractivity contribution in [2.75, 3.05) is 25.0 Å². The van der Waals surface area contributed by atoms with Crippen molar-refractivity contribution < 1.29 is 9.18 Å². The Morgan fingerprint density at radius 3 is 2.51 bits per heavy atom. The van der Waals surface area contributed by atoms with Gasteiger partial charge in [0.2, 0.25) is 5.95 Å². The molecule has 2 aromatic heterocycles. The normalized spacial score (nSPS) is 13.6. The third-order valence-electron chi connectivity index (χ3n) is 6.03. The minimum absolute atomic E-state index is 0.238. The number of benzene rings is 2. The van der Waals surface area contributed by atoms with Gasteiger partial charge in [-0.25, -0.2) is 19.2 Å². The highest BCUT2D eigenvalue weighted by Crippen LogP contribution is 2.30.